The Balaban J connectivity index is 1.66. The summed E-state index contributed by atoms with van der Waals surface area (Å²) in [6.07, 6.45) is 5.28. The minimum Gasteiger partial charge on any atom is -0.370 e. The van der Waals surface area contributed by atoms with Crippen molar-refractivity contribution in [3.63, 3.8) is 0 Å². The molecular weight excluding hydrogens is 320 g/mol. The minimum absolute atomic E-state index is 0.132. The summed E-state index contributed by atoms with van der Waals surface area (Å²) in [5, 5.41) is 1.14. The second-order valence-electron chi connectivity index (χ2n) is 7.35. The third-order valence-electron chi connectivity index (χ3n) is 4.96. The van der Waals surface area contributed by atoms with Crippen molar-refractivity contribution >= 4 is 37.7 Å². The number of thiophene rings is 1. The largest absolute Gasteiger partial charge is 0.370 e. The van der Waals surface area contributed by atoms with E-state index >= 15 is 0 Å². The van der Waals surface area contributed by atoms with Crippen molar-refractivity contribution < 1.29 is 4.74 Å². The zero-order valence-electron chi connectivity index (χ0n) is 14.0. The van der Waals surface area contributed by atoms with Crippen LogP contribution in [0.3, 0.4) is 0 Å². The molecular formula is C18H20N4OS. The zero-order chi connectivity index (χ0) is 16.3. The number of pyridine rings is 1. The number of nitrogens with zero attached hydrogens (tertiary/aromatic N) is 4. The summed E-state index contributed by atoms with van der Waals surface area (Å²) in [4.78, 5) is 17.7. The van der Waals surface area contributed by atoms with Gasteiger partial charge in [0.15, 0.2) is 0 Å². The number of aromatic nitrogens is 3. The van der Waals surface area contributed by atoms with E-state index in [2.05, 4.69) is 29.8 Å². The Morgan fingerprint density at radius 2 is 2.04 bits per heavy atom. The molecule has 3 aromatic heterocycles. The highest BCUT2D eigenvalue weighted by atomic mass is 32.1. The summed E-state index contributed by atoms with van der Waals surface area (Å²) in [6, 6.07) is 2.23. The van der Waals surface area contributed by atoms with Gasteiger partial charge in [-0.3, -0.25) is 0 Å². The molecule has 1 fully saturated rings. The molecule has 0 amide bonds. The molecule has 6 heteroatoms. The maximum Gasteiger partial charge on any atom is 0.225 e. The van der Waals surface area contributed by atoms with E-state index in [0.29, 0.717) is 6.61 Å². The van der Waals surface area contributed by atoms with E-state index in [1.807, 2.05) is 6.20 Å². The monoisotopic (exact) mass is 340 g/mol. The first-order chi connectivity index (χ1) is 11.6. The lowest BCUT2D eigenvalue weighted by molar-refractivity contribution is -0.0411. The summed E-state index contributed by atoms with van der Waals surface area (Å²) in [7, 11) is 0. The highest BCUT2D eigenvalue weighted by molar-refractivity contribution is 7.25. The van der Waals surface area contributed by atoms with Gasteiger partial charge in [0.25, 0.3) is 0 Å². The Bertz CT molecular complexity index is 943. The average Bonchev–Trinajstić information content (AvgIpc) is 3.19. The first kappa shape index (κ1) is 14.5. The second-order valence-corrected chi connectivity index (χ2v) is 8.38. The van der Waals surface area contributed by atoms with Crippen LogP contribution < -0.4 is 4.90 Å². The fourth-order valence-electron chi connectivity index (χ4n) is 3.63. The van der Waals surface area contributed by atoms with Gasteiger partial charge in [0.05, 0.1) is 34.3 Å². The van der Waals surface area contributed by atoms with Gasteiger partial charge >= 0.3 is 0 Å². The lowest BCUT2D eigenvalue weighted by atomic mass is 9.95. The van der Waals surface area contributed by atoms with Crippen molar-refractivity contribution in [2.45, 2.75) is 45.3 Å². The minimum atomic E-state index is -0.132. The number of hydrogen-bond acceptors (Lipinski definition) is 6. The van der Waals surface area contributed by atoms with E-state index < -0.39 is 0 Å². The Hall–Kier alpha value is -1.79. The van der Waals surface area contributed by atoms with Crippen LogP contribution in [0.2, 0.25) is 0 Å². The van der Waals surface area contributed by atoms with Crippen molar-refractivity contribution in [1.82, 2.24) is 15.0 Å². The van der Waals surface area contributed by atoms with Crippen molar-refractivity contribution in [3.05, 3.63) is 23.5 Å². The molecule has 3 aromatic rings. The molecule has 0 aromatic carbocycles. The highest BCUT2D eigenvalue weighted by Crippen LogP contribution is 2.36. The van der Waals surface area contributed by atoms with Crippen LogP contribution >= 0.6 is 11.3 Å². The summed E-state index contributed by atoms with van der Waals surface area (Å²) in [5.74, 6) is 0.856. The molecule has 0 saturated carbocycles. The van der Waals surface area contributed by atoms with Crippen molar-refractivity contribution in [3.8, 4) is 0 Å². The second kappa shape index (κ2) is 5.10. The van der Waals surface area contributed by atoms with Crippen LogP contribution in [0.4, 0.5) is 5.95 Å². The van der Waals surface area contributed by atoms with E-state index in [1.54, 1.807) is 11.3 Å². The third kappa shape index (κ3) is 2.28. The predicted molar refractivity (Wildman–Crippen MR) is 96.7 cm³/mol. The molecule has 0 unspecified atom stereocenters. The number of rotatable bonds is 1. The molecule has 0 aliphatic carbocycles. The first-order valence-electron chi connectivity index (χ1n) is 8.56. The molecule has 5 nitrogen and oxygen atoms in total. The van der Waals surface area contributed by atoms with Crippen molar-refractivity contribution in [1.29, 1.82) is 0 Å². The Labute approximate surface area is 144 Å². The van der Waals surface area contributed by atoms with Gasteiger partial charge in [-0.1, -0.05) is 0 Å². The standard InChI is InChI=1S/C18H20N4OS/c1-18(2)8-13-11(10-23-18)7-12-15-14(24-16(12)20-13)9-19-17(21-15)22-5-3-4-6-22/h7,9H,3-6,8,10H2,1-2H3. The van der Waals surface area contributed by atoms with Crippen LogP contribution in [-0.2, 0) is 17.8 Å². The molecule has 0 radical (unpaired) electrons. The molecule has 2 aliphatic rings. The van der Waals surface area contributed by atoms with Gasteiger partial charge in [-0.25, -0.2) is 15.0 Å². The molecule has 0 bridgehead atoms. The van der Waals surface area contributed by atoms with Gasteiger partial charge in [-0.15, -0.1) is 11.3 Å². The number of ether oxygens (including phenoxy) is 1. The molecule has 24 heavy (non-hydrogen) atoms. The first-order valence-corrected chi connectivity index (χ1v) is 9.38. The lowest BCUT2D eigenvalue weighted by Crippen LogP contribution is -2.32. The van der Waals surface area contributed by atoms with E-state index in [-0.39, 0.29) is 5.60 Å². The van der Waals surface area contributed by atoms with E-state index in [0.717, 1.165) is 51.6 Å². The quantitative estimate of drug-likeness (QED) is 0.676. The van der Waals surface area contributed by atoms with Crippen LogP contribution in [0.5, 0.6) is 0 Å². The SMILES string of the molecule is CC1(C)Cc2nc3sc4cnc(N5CCCC5)nc4c3cc2CO1. The summed E-state index contributed by atoms with van der Waals surface area (Å²) >= 11 is 1.69. The normalized spacial score (nSPS) is 20.0. The molecule has 5 rings (SSSR count). The van der Waals surface area contributed by atoms with Gasteiger partial charge in [0, 0.05) is 30.5 Å². The molecule has 124 valence electrons. The number of fused-ring (bicyclic) bond motifs is 4. The van der Waals surface area contributed by atoms with Gasteiger partial charge < -0.3 is 9.64 Å². The van der Waals surface area contributed by atoms with Gasteiger partial charge in [0.2, 0.25) is 5.95 Å². The smallest absolute Gasteiger partial charge is 0.225 e. The lowest BCUT2D eigenvalue weighted by Gasteiger charge is -2.30. The highest BCUT2D eigenvalue weighted by Gasteiger charge is 2.28. The zero-order valence-corrected chi connectivity index (χ0v) is 14.8. The van der Waals surface area contributed by atoms with Crippen molar-refractivity contribution in [2.24, 2.45) is 0 Å². The molecule has 5 heterocycles. The summed E-state index contributed by atoms with van der Waals surface area (Å²) < 4.78 is 7.07. The molecule has 1 saturated heterocycles. The van der Waals surface area contributed by atoms with Gasteiger partial charge in [-0.2, -0.15) is 0 Å². The molecule has 0 spiro atoms. The Kier molecular flexibility index (Phi) is 3.09. The van der Waals surface area contributed by atoms with Gasteiger partial charge in [0.1, 0.15) is 4.83 Å². The van der Waals surface area contributed by atoms with Crippen LogP contribution in [0.1, 0.15) is 37.9 Å². The summed E-state index contributed by atoms with van der Waals surface area (Å²) in [6.45, 7) is 7.00. The average molecular weight is 340 g/mol. The number of anilines is 1. The van der Waals surface area contributed by atoms with Crippen molar-refractivity contribution in [2.75, 3.05) is 18.0 Å². The third-order valence-corrected chi connectivity index (χ3v) is 5.98. The van der Waals surface area contributed by atoms with Crippen LogP contribution in [0.25, 0.3) is 20.4 Å². The fourth-order valence-corrected chi connectivity index (χ4v) is 4.62. The topological polar surface area (TPSA) is 51.1 Å². The maximum atomic E-state index is 5.96. The van der Waals surface area contributed by atoms with Crippen LogP contribution in [0.15, 0.2) is 12.3 Å². The summed E-state index contributed by atoms with van der Waals surface area (Å²) in [5.41, 5.74) is 3.26. The fraction of sp³-hybridized carbons (Fsp3) is 0.500. The predicted octanol–water partition coefficient (Wildman–Crippen LogP) is 3.69. The number of hydrogen-bond donors (Lipinski definition) is 0. The molecule has 0 N–H and O–H groups in total. The molecule has 2 aliphatic heterocycles. The van der Waals surface area contributed by atoms with E-state index in [9.17, 15) is 0 Å². The molecule has 0 atom stereocenters. The van der Waals surface area contributed by atoms with Crippen LogP contribution in [-0.4, -0.2) is 33.6 Å². The van der Waals surface area contributed by atoms with E-state index in [4.69, 9.17) is 14.7 Å². The Morgan fingerprint density at radius 3 is 2.88 bits per heavy atom. The van der Waals surface area contributed by atoms with Crippen LogP contribution in [0, 0.1) is 0 Å². The maximum absolute atomic E-state index is 5.96. The van der Waals surface area contributed by atoms with Gasteiger partial charge in [-0.05, 0) is 32.8 Å². The van der Waals surface area contributed by atoms with E-state index in [1.165, 1.54) is 18.4 Å². The Morgan fingerprint density at radius 1 is 1.21 bits per heavy atom.